The van der Waals surface area contributed by atoms with E-state index in [1.54, 1.807) is 25.0 Å². The van der Waals surface area contributed by atoms with E-state index in [2.05, 4.69) is 0 Å². The number of hydrogen-bond donors (Lipinski definition) is 3. The second-order valence-corrected chi connectivity index (χ2v) is 10.6. The fourth-order valence-electron chi connectivity index (χ4n) is 3.98. The Morgan fingerprint density at radius 3 is 2.61 bits per heavy atom. The van der Waals surface area contributed by atoms with Gasteiger partial charge in [-0.05, 0) is 0 Å². The van der Waals surface area contributed by atoms with Gasteiger partial charge >= 0.3 is 166 Å². The minimum atomic E-state index is -3.85. The first-order valence-corrected chi connectivity index (χ1v) is 11.2. The van der Waals surface area contributed by atoms with Crippen LogP contribution in [-0.4, -0.2) is 72.3 Å². The van der Waals surface area contributed by atoms with E-state index in [1.807, 2.05) is 5.96 Å². The Kier molecular flexibility index (Phi) is 4.90. The molecule has 0 amide bonds. The van der Waals surface area contributed by atoms with E-state index in [-0.39, 0.29) is 19.6 Å². The fraction of sp³-hybridized carbons (Fsp3) is 0.667. The number of carbonyl (C=O) groups is 1. The van der Waals surface area contributed by atoms with Crippen LogP contribution in [0.3, 0.4) is 0 Å². The molecule has 0 bridgehead atoms. The Morgan fingerprint density at radius 1 is 1.36 bits per heavy atom. The number of carboxylic acid groups (broad SMARTS) is 1. The average molecular weight is 406 g/mol. The molecule has 2 heterocycles. The summed E-state index contributed by atoms with van der Waals surface area (Å²) in [6.45, 7) is 2.33. The van der Waals surface area contributed by atoms with Crippen LogP contribution in [0.15, 0.2) is 24.1 Å². The summed E-state index contributed by atoms with van der Waals surface area (Å²) < 4.78 is 29.6. The molecule has 0 spiro atoms. The molecule has 0 unspecified atom stereocenters. The molecule has 8 nitrogen and oxygen atoms in total. The molecule has 0 aromatic carbocycles. The van der Waals surface area contributed by atoms with Crippen molar-refractivity contribution >= 4 is 23.1 Å². The molecule has 1 aromatic rings. The van der Waals surface area contributed by atoms with Crippen LogP contribution in [0.1, 0.15) is 37.2 Å². The van der Waals surface area contributed by atoms with E-state index in [0.29, 0.717) is 12.5 Å². The molecular formula is C18H27BN4O4S. The Morgan fingerprint density at radius 2 is 2.07 bits per heavy atom. The van der Waals surface area contributed by atoms with Gasteiger partial charge < -0.3 is 0 Å². The van der Waals surface area contributed by atoms with Gasteiger partial charge in [0.25, 0.3) is 0 Å². The molecule has 1 saturated heterocycles. The predicted molar refractivity (Wildman–Crippen MR) is 106 cm³/mol. The molecule has 3 fully saturated rings. The van der Waals surface area contributed by atoms with E-state index in [1.165, 1.54) is 8.61 Å². The van der Waals surface area contributed by atoms with Crippen LogP contribution < -0.4 is 11.5 Å². The van der Waals surface area contributed by atoms with E-state index >= 15 is 0 Å². The van der Waals surface area contributed by atoms with Gasteiger partial charge in [-0.25, -0.2) is 0 Å². The van der Waals surface area contributed by atoms with Crippen molar-refractivity contribution in [1.29, 1.82) is 0 Å². The number of hydrogen-bond acceptors (Lipinski definition) is 5. The van der Waals surface area contributed by atoms with Gasteiger partial charge in [0.05, 0.1) is 0 Å². The standard InChI is InChI=1S/C18H27BN4O4S/c20-17(5-6-17)11-22(9-13-3-4-13)28(26,27)23-10-15(14-2-1-7-19-8-14)18(21,12-23)16(24)25/h1-2,7-8,13,15H,3-6,9-12,20-21H2,(H,24,25)/t15-,18+/m1/s1. The SMILES string of the molecule is NC1(CN(CC2CC2)S(=O)(=O)N2C[C@H](c3cbccc3)[C@](N)(C(=O)O)C2)CC1. The van der Waals surface area contributed by atoms with Crippen molar-refractivity contribution in [2.45, 2.75) is 42.7 Å². The molecule has 4 rings (SSSR count). The van der Waals surface area contributed by atoms with E-state index in [0.717, 1.165) is 31.2 Å². The summed E-state index contributed by atoms with van der Waals surface area (Å²) in [6.07, 6.45) is 3.66. The summed E-state index contributed by atoms with van der Waals surface area (Å²) in [7, 11) is -3.85. The van der Waals surface area contributed by atoms with Crippen LogP contribution in [0.25, 0.3) is 0 Å². The van der Waals surface area contributed by atoms with Crippen LogP contribution in [0.5, 0.6) is 0 Å². The van der Waals surface area contributed by atoms with Crippen molar-refractivity contribution in [3.8, 4) is 0 Å². The van der Waals surface area contributed by atoms with Gasteiger partial charge in [0.15, 0.2) is 0 Å². The molecule has 2 aliphatic carbocycles. The first-order valence-electron chi connectivity index (χ1n) is 9.75. The van der Waals surface area contributed by atoms with Gasteiger partial charge in [0.1, 0.15) is 0 Å². The summed E-state index contributed by atoms with van der Waals surface area (Å²) in [4.78, 5) is 12.0. The molecule has 1 aliphatic heterocycles. The van der Waals surface area contributed by atoms with Crippen molar-refractivity contribution in [1.82, 2.24) is 8.61 Å². The zero-order valence-corrected chi connectivity index (χ0v) is 16.6. The quantitative estimate of drug-likeness (QED) is 0.541. The predicted octanol–water partition coefficient (Wildman–Crippen LogP) is -0.346. The van der Waals surface area contributed by atoms with Crippen LogP contribution in [-0.2, 0) is 15.0 Å². The third-order valence-corrected chi connectivity index (χ3v) is 8.10. The Bertz CT molecular complexity index is 860. The topological polar surface area (TPSA) is 130 Å². The molecular weight excluding hydrogens is 379 g/mol. The number of nitrogens with zero attached hydrogens (tertiary/aromatic N) is 2. The van der Waals surface area contributed by atoms with Gasteiger partial charge in [-0.1, -0.05) is 0 Å². The molecule has 2 atom stereocenters. The van der Waals surface area contributed by atoms with Crippen molar-refractivity contribution < 1.29 is 18.3 Å². The number of carboxylic acids is 1. The van der Waals surface area contributed by atoms with Gasteiger partial charge in [-0.2, -0.15) is 0 Å². The molecule has 1 aromatic heterocycles. The molecule has 0 radical (unpaired) electrons. The van der Waals surface area contributed by atoms with E-state index in [4.69, 9.17) is 11.5 Å². The summed E-state index contributed by atoms with van der Waals surface area (Å²) in [5, 5.41) is 9.80. The summed E-state index contributed by atoms with van der Waals surface area (Å²) in [5.74, 6) is 2.19. The van der Waals surface area contributed by atoms with Gasteiger partial charge in [0.2, 0.25) is 0 Å². The van der Waals surface area contributed by atoms with Crippen LogP contribution in [0.2, 0.25) is 0 Å². The van der Waals surface area contributed by atoms with E-state index in [9.17, 15) is 18.3 Å². The third-order valence-electron chi connectivity index (χ3n) is 6.24. The number of nitrogens with two attached hydrogens (primary N) is 2. The zero-order valence-electron chi connectivity index (χ0n) is 15.8. The molecule has 28 heavy (non-hydrogen) atoms. The Labute approximate surface area is 166 Å². The summed E-state index contributed by atoms with van der Waals surface area (Å²) in [6, 6.07) is 3.60. The van der Waals surface area contributed by atoms with Crippen LogP contribution in [0.4, 0.5) is 0 Å². The second-order valence-electron chi connectivity index (χ2n) is 8.71. The summed E-state index contributed by atoms with van der Waals surface area (Å²) >= 11 is 0. The van der Waals surface area contributed by atoms with Crippen molar-refractivity contribution in [2.24, 2.45) is 17.4 Å². The fourth-order valence-corrected chi connectivity index (χ4v) is 5.84. The molecule has 152 valence electrons. The Hall–Kier alpha value is -1.33. The van der Waals surface area contributed by atoms with Gasteiger partial charge in [-0.15, -0.1) is 0 Å². The molecule has 5 N–H and O–H groups in total. The average Bonchev–Trinajstić information content (AvgIpc) is 3.56. The number of rotatable bonds is 8. The van der Waals surface area contributed by atoms with Crippen molar-refractivity contribution in [3.05, 3.63) is 29.6 Å². The van der Waals surface area contributed by atoms with Crippen molar-refractivity contribution in [2.75, 3.05) is 26.2 Å². The second kappa shape index (κ2) is 6.88. The maximum absolute atomic E-state index is 13.4. The van der Waals surface area contributed by atoms with Crippen LogP contribution in [0, 0.1) is 5.92 Å². The van der Waals surface area contributed by atoms with Gasteiger partial charge in [0, 0.05) is 0 Å². The number of aliphatic carboxylic acids is 1. The first-order chi connectivity index (χ1) is 13.1. The zero-order chi connectivity index (χ0) is 20.2. The monoisotopic (exact) mass is 406 g/mol. The summed E-state index contributed by atoms with van der Waals surface area (Å²) in [5.41, 5.74) is 11.1. The molecule has 3 aliphatic rings. The molecule has 2 saturated carbocycles. The molecule has 10 heteroatoms. The third kappa shape index (κ3) is 3.76. The Balaban J connectivity index is 1.62. The van der Waals surface area contributed by atoms with E-state index < -0.39 is 33.2 Å². The maximum atomic E-state index is 13.4. The van der Waals surface area contributed by atoms with Gasteiger partial charge in [-0.3, -0.25) is 0 Å². The normalized spacial score (nSPS) is 29.8. The van der Waals surface area contributed by atoms with Crippen LogP contribution >= 0.6 is 0 Å². The minimum absolute atomic E-state index is 0.0495. The van der Waals surface area contributed by atoms with Crippen molar-refractivity contribution in [3.63, 3.8) is 0 Å². The first kappa shape index (κ1) is 20.0.